The molecule has 0 bridgehead atoms. The first-order valence-electron chi connectivity index (χ1n) is 4.29. The van der Waals surface area contributed by atoms with E-state index in [9.17, 15) is 9.59 Å². The molecule has 0 aliphatic rings. The summed E-state index contributed by atoms with van der Waals surface area (Å²) in [7, 11) is -1.94. The van der Waals surface area contributed by atoms with Gasteiger partial charge in [0, 0.05) is 0 Å². The standard InChI is InChI=1S/C8H17NO2Si/c1-5-9(6-2)12(7(3)10)8(4)11/h12H,5-6H2,1-4H3. The van der Waals surface area contributed by atoms with Gasteiger partial charge in [-0.25, -0.2) is 0 Å². The number of hydrogen-bond acceptors (Lipinski definition) is 3. The monoisotopic (exact) mass is 187 g/mol. The fourth-order valence-corrected chi connectivity index (χ4v) is 3.72. The van der Waals surface area contributed by atoms with Gasteiger partial charge >= 0.3 is 0 Å². The van der Waals surface area contributed by atoms with Crippen LogP contribution in [-0.2, 0) is 9.59 Å². The van der Waals surface area contributed by atoms with Gasteiger partial charge in [-0.2, -0.15) is 0 Å². The number of carbonyl (C=O) groups excluding carboxylic acids is 2. The summed E-state index contributed by atoms with van der Waals surface area (Å²) in [5, 5.41) is 0.150. The summed E-state index contributed by atoms with van der Waals surface area (Å²) in [5.74, 6) is 0. The Hall–Kier alpha value is -0.483. The molecule has 4 heteroatoms. The first kappa shape index (κ1) is 11.5. The molecule has 0 spiro atoms. The molecule has 0 rings (SSSR count). The van der Waals surface area contributed by atoms with Gasteiger partial charge in [0.15, 0.2) is 0 Å². The van der Waals surface area contributed by atoms with E-state index in [1.165, 1.54) is 13.8 Å². The Morgan fingerprint density at radius 2 is 1.42 bits per heavy atom. The lowest BCUT2D eigenvalue weighted by Crippen LogP contribution is -2.49. The fraction of sp³-hybridized carbons (Fsp3) is 0.750. The zero-order chi connectivity index (χ0) is 9.72. The van der Waals surface area contributed by atoms with Crippen LogP contribution in [0.3, 0.4) is 0 Å². The molecule has 0 amide bonds. The van der Waals surface area contributed by atoms with E-state index in [1.807, 2.05) is 18.4 Å². The summed E-state index contributed by atoms with van der Waals surface area (Å²) in [6, 6.07) is 0. The molecule has 0 saturated carbocycles. The average molecular weight is 187 g/mol. The zero-order valence-electron chi connectivity index (χ0n) is 8.26. The van der Waals surface area contributed by atoms with Crippen molar-refractivity contribution >= 4 is 19.8 Å². The summed E-state index contributed by atoms with van der Waals surface area (Å²) in [6.45, 7) is 8.61. The summed E-state index contributed by atoms with van der Waals surface area (Å²) >= 11 is 0. The maximum Gasteiger partial charge on any atom is 0.262 e. The molecule has 0 fully saturated rings. The van der Waals surface area contributed by atoms with E-state index in [-0.39, 0.29) is 10.8 Å². The van der Waals surface area contributed by atoms with E-state index >= 15 is 0 Å². The van der Waals surface area contributed by atoms with Crippen LogP contribution in [0.4, 0.5) is 0 Å². The molecule has 0 unspecified atom stereocenters. The molecule has 0 aromatic rings. The highest BCUT2D eigenvalue weighted by Gasteiger charge is 2.27. The molecule has 0 aromatic carbocycles. The van der Waals surface area contributed by atoms with E-state index in [0.29, 0.717) is 0 Å². The van der Waals surface area contributed by atoms with Crippen LogP contribution in [0, 0.1) is 0 Å². The highest BCUT2D eigenvalue weighted by molar-refractivity contribution is 7.09. The van der Waals surface area contributed by atoms with Gasteiger partial charge in [0.1, 0.15) is 10.8 Å². The van der Waals surface area contributed by atoms with Crippen molar-refractivity contribution in [1.82, 2.24) is 4.57 Å². The first-order chi connectivity index (χ1) is 5.54. The third-order valence-electron chi connectivity index (χ3n) is 1.95. The van der Waals surface area contributed by atoms with E-state index in [1.54, 1.807) is 0 Å². The van der Waals surface area contributed by atoms with E-state index < -0.39 is 8.96 Å². The molecule has 0 radical (unpaired) electrons. The van der Waals surface area contributed by atoms with Gasteiger partial charge in [-0.3, -0.25) is 0 Å². The van der Waals surface area contributed by atoms with Crippen molar-refractivity contribution in [2.75, 3.05) is 13.1 Å². The highest BCUT2D eigenvalue weighted by atomic mass is 28.3. The minimum atomic E-state index is -1.94. The maximum atomic E-state index is 11.1. The lowest BCUT2D eigenvalue weighted by Gasteiger charge is -2.23. The van der Waals surface area contributed by atoms with E-state index in [4.69, 9.17) is 0 Å². The second kappa shape index (κ2) is 5.21. The molecule has 0 aromatic heterocycles. The van der Waals surface area contributed by atoms with Crippen LogP contribution >= 0.6 is 0 Å². The lowest BCUT2D eigenvalue weighted by atomic mass is 10.7. The Bertz CT molecular complexity index is 164. The predicted molar refractivity (Wildman–Crippen MR) is 51.4 cm³/mol. The Morgan fingerprint density at radius 3 is 1.50 bits per heavy atom. The van der Waals surface area contributed by atoms with E-state index in [2.05, 4.69) is 0 Å². The molecular weight excluding hydrogens is 170 g/mol. The zero-order valence-corrected chi connectivity index (χ0v) is 9.41. The molecule has 12 heavy (non-hydrogen) atoms. The molecule has 0 heterocycles. The van der Waals surface area contributed by atoms with Gasteiger partial charge in [0.05, 0.1) is 0 Å². The quantitative estimate of drug-likeness (QED) is 0.581. The first-order valence-corrected chi connectivity index (χ1v) is 5.96. The van der Waals surface area contributed by atoms with Crippen molar-refractivity contribution in [3.8, 4) is 0 Å². The minimum Gasteiger partial charge on any atom is -0.315 e. The van der Waals surface area contributed by atoms with Crippen molar-refractivity contribution < 1.29 is 9.59 Å². The van der Waals surface area contributed by atoms with Crippen LogP contribution in [0.15, 0.2) is 0 Å². The average Bonchev–Trinajstić information content (AvgIpc) is 1.98. The number of rotatable bonds is 5. The molecular formula is C8H17NO2Si. The lowest BCUT2D eigenvalue weighted by molar-refractivity contribution is -0.114. The number of nitrogens with zero attached hydrogens (tertiary/aromatic N) is 1. The maximum absolute atomic E-state index is 11.1. The van der Waals surface area contributed by atoms with Crippen LogP contribution in [0.2, 0.25) is 0 Å². The van der Waals surface area contributed by atoms with Crippen molar-refractivity contribution in [3.63, 3.8) is 0 Å². The van der Waals surface area contributed by atoms with Crippen molar-refractivity contribution in [2.24, 2.45) is 0 Å². The largest absolute Gasteiger partial charge is 0.315 e. The van der Waals surface area contributed by atoms with Crippen molar-refractivity contribution in [1.29, 1.82) is 0 Å². The van der Waals surface area contributed by atoms with Crippen molar-refractivity contribution in [2.45, 2.75) is 27.7 Å². The highest BCUT2D eigenvalue weighted by Crippen LogP contribution is 1.97. The van der Waals surface area contributed by atoms with Crippen LogP contribution in [-0.4, -0.2) is 37.4 Å². The third-order valence-corrected chi connectivity index (χ3v) is 4.95. The summed E-state index contributed by atoms with van der Waals surface area (Å²) in [6.07, 6.45) is 0. The molecule has 0 saturated heterocycles. The Labute approximate surface area is 75.4 Å². The van der Waals surface area contributed by atoms with E-state index in [0.717, 1.165) is 13.1 Å². The van der Waals surface area contributed by atoms with Gasteiger partial charge in [-0.1, -0.05) is 13.8 Å². The topological polar surface area (TPSA) is 37.4 Å². The van der Waals surface area contributed by atoms with Crippen LogP contribution < -0.4 is 0 Å². The predicted octanol–water partition coefficient (Wildman–Crippen LogP) is 0.308. The smallest absolute Gasteiger partial charge is 0.262 e. The van der Waals surface area contributed by atoms with Gasteiger partial charge in [0.25, 0.3) is 8.96 Å². The third kappa shape index (κ3) is 2.87. The summed E-state index contributed by atoms with van der Waals surface area (Å²) in [5.41, 5.74) is 0. The minimum absolute atomic E-state index is 0.0752. The van der Waals surface area contributed by atoms with Gasteiger partial charge in [0.2, 0.25) is 0 Å². The van der Waals surface area contributed by atoms with Gasteiger partial charge in [-0.15, -0.1) is 0 Å². The Balaban J connectivity index is 4.47. The molecule has 70 valence electrons. The summed E-state index contributed by atoms with van der Waals surface area (Å²) in [4.78, 5) is 22.3. The van der Waals surface area contributed by atoms with Crippen LogP contribution in [0.25, 0.3) is 0 Å². The SMILES string of the molecule is CCN(CC)[SiH](C(C)=O)C(C)=O. The fourth-order valence-electron chi connectivity index (χ4n) is 1.39. The summed E-state index contributed by atoms with van der Waals surface area (Å²) < 4.78 is 2.00. The molecule has 0 atom stereocenters. The Kier molecular flexibility index (Phi) is 5.00. The second-order valence-corrected chi connectivity index (χ2v) is 6.01. The molecule has 0 N–H and O–H groups in total. The molecule has 3 nitrogen and oxygen atoms in total. The van der Waals surface area contributed by atoms with Crippen molar-refractivity contribution in [3.05, 3.63) is 0 Å². The number of carbonyl (C=O) groups is 2. The second-order valence-electron chi connectivity index (χ2n) is 2.85. The molecule has 0 aliphatic heterocycles. The van der Waals surface area contributed by atoms with Gasteiger partial charge in [-0.05, 0) is 26.9 Å². The van der Waals surface area contributed by atoms with Crippen LogP contribution in [0.5, 0.6) is 0 Å². The van der Waals surface area contributed by atoms with Crippen LogP contribution in [0.1, 0.15) is 27.7 Å². The Morgan fingerprint density at radius 1 is 1.08 bits per heavy atom. The molecule has 0 aliphatic carbocycles. The normalized spacial score (nSPS) is 10.8. The van der Waals surface area contributed by atoms with Gasteiger partial charge < -0.3 is 14.2 Å². The number of hydrogen-bond donors (Lipinski definition) is 0.